The zero-order chi connectivity index (χ0) is 11.6. The molecule has 2 N–H and O–H groups in total. The van der Waals surface area contributed by atoms with Crippen molar-refractivity contribution in [2.75, 3.05) is 6.61 Å². The molecule has 1 fully saturated rings. The first-order valence-corrected chi connectivity index (χ1v) is 4.63. The van der Waals surface area contributed by atoms with Crippen molar-refractivity contribution in [1.29, 1.82) is 0 Å². The molecule has 1 aliphatic rings. The molecule has 0 radical (unpaired) electrons. The number of carbonyl (C=O) groups is 2. The fourth-order valence-electron chi connectivity index (χ4n) is 1.12. The Kier molecular flexibility index (Phi) is 3.31. The minimum atomic E-state index is -1.14. The largest absolute Gasteiger partial charge is 0.478 e. The summed E-state index contributed by atoms with van der Waals surface area (Å²) in [6.45, 7) is 5.26. The molecule has 2 atom stereocenters. The number of carboxylic acids is 1. The van der Waals surface area contributed by atoms with Crippen LogP contribution in [0.3, 0.4) is 0 Å². The number of hydrogen-bond donors (Lipinski definition) is 2. The lowest BCUT2D eigenvalue weighted by Crippen LogP contribution is -2.43. The zero-order valence-electron chi connectivity index (χ0n) is 8.94. The van der Waals surface area contributed by atoms with E-state index in [0.29, 0.717) is 0 Å². The van der Waals surface area contributed by atoms with E-state index in [1.165, 1.54) is 0 Å². The molecule has 0 aromatic carbocycles. The predicted molar refractivity (Wildman–Crippen MR) is 50.1 cm³/mol. The van der Waals surface area contributed by atoms with E-state index in [4.69, 9.17) is 14.6 Å². The summed E-state index contributed by atoms with van der Waals surface area (Å²) in [6, 6.07) is -0.703. The van der Waals surface area contributed by atoms with Crippen LogP contribution in [0.5, 0.6) is 0 Å². The highest BCUT2D eigenvalue weighted by Gasteiger charge is 2.36. The Morgan fingerprint density at radius 2 is 2.07 bits per heavy atom. The van der Waals surface area contributed by atoms with E-state index in [9.17, 15) is 9.59 Å². The van der Waals surface area contributed by atoms with Gasteiger partial charge in [-0.15, -0.1) is 0 Å². The van der Waals surface area contributed by atoms with Crippen LogP contribution in [-0.2, 0) is 19.1 Å². The Balaban J connectivity index is 2.47. The first kappa shape index (κ1) is 11.9. The van der Waals surface area contributed by atoms with Crippen molar-refractivity contribution in [3.8, 4) is 0 Å². The third kappa shape index (κ3) is 3.49. The van der Waals surface area contributed by atoms with Crippen molar-refractivity contribution >= 4 is 11.9 Å². The van der Waals surface area contributed by atoms with Gasteiger partial charge in [0.25, 0.3) is 0 Å². The molecule has 1 aliphatic heterocycles. The fourth-order valence-corrected chi connectivity index (χ4v) is 1.12. The minimum Gasteiger partial charge on any atom is -0.478 e. The molecule has 15 heavy (non-hydrogen) atoms. The summed E-state index contributed by atoms with van der Waals surface area (Å²) in [6.07, 6.45) is -1.12. The number of hydrogen-bond acceptors (Lipinski definition) is 5. The second-order valence-corrected chi connectivity index (χ2v) is 4.30. The first-order valence-electron chi connectivity index (χ1n) is 4.63. The molecule has 0 bridgehead atoms. The Morgan fingerprint density at radius 3 is 2.47 bits per heavy atom. The molecule has 0 saturated carbocycles. The van der Waals surface area contributed by atoms with Gasteiger partial charge in [0.15, 0.2) is 0 Å². The molecule has 1 rings (SSSR count). The van der Waals surface area contributed by atoms with Crippen LogP contribution in [0, 0.1) is 0 Å². The van der Waals surface area contributed by atoms with Crippen molar-refractivity contribution in [1.82, 2.24) is 5.32 Å². The summed E-state index contributed by atoms with van der Waals surface area (Å²) in [5.74, 6) is -1.63. The summed E-state index contributed by atoms with van der Waals surface area (Å²) in [4.78, 5) is 22.0. The molecule has 6 heteroatoms. The van der Waals surface area contributed by atoms with Crippen LogP contribution in [0.1, 0.15) is 20.8 Å². The lowest BCUT2D eigenvalue weighted by atomic mass is 10.2. The van der Waals surface area contributed by atoms with Crippen LogP contribution >= 0.6 is 0 Å². The molecular weight excluding hydrogens is 202 g/mol. The number of ether oxygens (including phenoxy) is 2. The number of carbonyl (C=O) groups excluding carboxylic acids is 1. The Bertz CT molecular complexity index is 270. The van der Waals surface area contributed by atoms with Gasteiger partial charge in [-0.3, -0.25) is 10.1 Å². The molecular formula is C9H15NO5. The second-order valence-electron chi connectivity index (χ2n) is 4.30. The van der Waals surface area contributed by atoms with Gasteiger partial charge in [-0.05, 0) is 20.8 Å². The van der Waals surface area contributed by atoms with Crippen LogP contribution < -0.4 is 5.32 Å². The van der Waals surface area contributed by atoms with E-state index < -0.39 is 29.8 Å². The maximum Gasteiger partial charge on any atom is 0.348 e. The molecule has 86 valence electrons. The van der Waals surface area contributed by atoms with Crippen molar-refractivity contribution in [3.05, 3.63) is 0 Å². The smallest absolute Gasteiger partial charge is 0.348 e. The van der Waals surface area contributed by atoms with E-state index in [1.807, 2.05) is 0 Å². The van der Waals surface area contributed by atoms with Crippen LogP contribution in [0.2, 0.25) is 0 Å². The van der Waals surface area contributed by atoms with Crippen LogP contribution in [0.15, 0.2) is 0 Å². The van der Waals surface area contributed by atoms with E-state index in [0.717, 1.165) is 0 Å². The predicted octanol–water partition coefficient (Wildman–Crippen LogP) is -0.273. The quantitative estimate of drug-likeness (QED) is 0.619. The average Bonchev–Trinajstić information content (AvgIpc) is 2.47. The first-order chi connectivity index (χ1) is 6.79. The van der Waals surface area contributed by atoms with Gasteiger partial charge in [0.05, 0.1) is 6.61 Å². The van der Waals surface area contributed by atoms with Gasteiger partial charge in [0, 0.05) is 0 Å². The van der Waals surface area contributed by atoms with E-state index in [2.05, 4.69) is 5.32 Å². The SMILES string of the molecule is CC(C)(C)OC(=O)[C@@H]1CO[C@@H](C(=O)O)N1. The van der Waals surface area contributed by atoms with Gasteiger partial charge in [0.2, 0.25) is 6.23 Å². The normalized spacial score (nSPS) is 26.3. The maximum atomic E-state index is 11.5. The van der Waals surface area contributed by atoms with Gasteiger partial charge < -0.3 is 14.6 Å². The van der Waals surface area contributed by atoms with Gasteiger partial charge in [-0.2, -0.15) is 0 Å². The van der Waals surface area contributed by atoms with Crippen molar-refractivity contribution in [2.45, 2.75) is 38.6 Å². The summed E-state index contributed by atoms with van der Waals surface area (Å²) in [5.41, 5.74) is -0.583. The summed E-state index contributed by atoms with van der Waals surface area (Å²) in [5, 5.41) is 11.1. The molecule has 0 aliphatic carbocycles. The highest BCUT2D eigenvalue weighted by Crippen LogP contribution is 2.11. The minimum absolute atomic E-state index is 0.0197. The van der Waals surface area contributed by atoms with E-state index in [-0.39, 0.29) is 6.61 Å². The molecule has 0 unspecified atom stereocenters. The Morgan fingerprint density at radius 1 is 1.47 bits per heavy atom. The lowest BCUT2D eigenvalue weighted by molar-refractivity contribution is -0.157. The molecule has 0 aromatic rings. The van der Waals surface area contributed by atoms with E-state index >= 15 is 0 Å². The third-order valence-corrected chi connectivity index (χ3v) is 1.70. The number of nitrogens with one attached hydrogen (secondary N) is 1. The number of aliphatic carboxylic acids is 1. The Hall–Kier alpha value is -1.14. The molecule has 0 aromatic heterocycles. The van der Waals surface area contributed by atoms with Crippen LogP contribution in [-0.4, -0.2) is 41.5 Å². The van der Waals surface area contributed by atoms with Crippen molar-refractivity contribution in [2.24, 2.45) is 0 Å². The highest BCUT2D eigenvalue weighted by molar-refractivity contribution is 5.79. The molecule has 1 saturated heterocycles. The summed E-state index contributed by atoms with van der Waals surface area (Å²) < 4.78 is 9.93. The topological polar surface area (TPSA) is 84.9 Å². The lowest BCUT2D eigenvalue weighted by Gasteiger charge is -2.21. The standard InChI is InChI=1S/C9H15NO5/c1-9(2,3)15-8(13)5-4-14-6(10-5)7(11)12/h5-6,10H,4H2,1-3H3,(H,11,12)/t5-,6-/m0/s1. The molecule has 0 amide bonds. The molecule has 0 spiro atoms. The van der Waals surface area contributed by atoms with E-state index in [1.54, 1.807) is 20.8 Å². The molecule has 6 nitrogen and oxygen atoms in total. The number of carboxylic acid groups (broad SMARTS) is 1. The Labute approximate surface area is 87.5 Å². The monoisotopic (exact) mass is 217 g/mol. The average molecular weight is 217 g/mol. The second kappa shape index (κ2) is 4.16. The zero-order valence-corrected chi connectivity index (χ0v) is 8.94. The highest BCUT2D eigenvalue weighted by atomic mass is 16.6. The summed E-state index contributed by atoms with van der Waals surface area (Å²) >= 11 is 0. The number of esters is 1. The number of rotatable bonds is 2. The van der Waals surface area contributed by atoms with Crippen molar-refractivity contribution in [3.63, 3.8) is 0 Å². The van der Waals surface area contributed by atoms with Crippen LogP contribution in [0.4, 0.5) is 0 Å². The molecule has 1 heterocycles. The maximum absolute atomic E-state index is 11.5. The van der Waals surface area contributed by atoms with Gasteiger partial charge >= 0.3 is 11.9 Å². The fraction of sp³-hybridized carbons (Fsp3) is 0.778. The van der Waals surface area contributed by atoms with Gasteiger partial charge in [-0.25, -0.2) is 4.79 Å². The van der Waals surface area contributed by atoms with Gasteiger partial charge in [-0.1, -0.05) is 0 Å². The summed E-state index contributed by atoms with van der Waals surface area (Å²) in [7, 11) is 0. The van der Waals surface area contributed by atoms with Crippen LogP contribution in [0.25, 0.3) is 0 Å². The third-order valence-electron chi connectivity index (χ3n) is 1.70. The van der Waals surface area contributed by atoms with Crippen molar-refractivity contribution < 1.29 is 24.2 Å². The van der Waals surface area contributed by atoms with Gasteiger partial charge in [0.1, 0.15) is 11.6 Å².